The SMILES string of the molecule is CCCNc1nc(OCCC2CCCN2C)c(F)cc1F. The highest BCUT2D eigenvalue weighted by Gasteiger charge is 2.21. The Morgan fingerprint density at radius 2 is 2.24 bits per heavy atom. The van der Waals surface area contributed by atoms with Gasteiger partial charge in [0, 0.05) is 18.7 Å². The molecule has 0 spiro atoms. The zero-order chi connectivity index (χ0) is 15.2. The second-order valence-corrected chi connectivity index (χ2v) is 5.45. The lowest BCUT2D eigenvalue weighted by atomic mass is 10.1. The van der Waals surface area contributed by atoms with Crippen LogP contribution in [0.25, 0.3) is 0 Å². The summed E-state index contributed by atoms with van der Waals surface area (Å²) in [6, 6.07) is 1.30. The standard InChI is InChI=1S/C15H23F2N3O/c1-3-7-18-14-12(16)10-13(17)15(19-14)21-9-6-11-5-4-8-20(11)2/h10-11H,3-9H2,1-2H3,(H,18,19). The average molecular weight is 299 g/mol. The van der Waals surface area contributed by atoms with E-state index in [1.54, 1.807) is 0 Å². The number of nitrogens with zero attached hydrogens (tertiary/aromatic N) is 2. The molecule has 0 radical (unpaired) electrons. The van der Waals surface area contributed by atoms with Crippen LogP contribution in [0.15, 0.2) is 6.07 Å². The van der Waals surface area contributed by atoms with Gasteiger partial charge >= 0.3 is 0 Å². The third-order valence-corrected chi connectivity index (χ3v) is 3.80. The third-order valence-electron chi connectivity index (χ3n) is 3.80. The van der Waals surface area contributed by atoms with Gasteiger partial charge in [-0.25, -0.2) is 8.78 Å². The summed E-state index contributed by atoms with van der Waals surface area (Å²) in [7, 11) is 2.08. The van der Waals surface area contributed by atoms with E-state index in [-0.39, 0.29) is 11.7 Å². The van der Waals surface area contributed by atoms with Crippen molar-refractivity contribution in [3.8, 4) is 5.88 Å². The fourth-order valence-electron chi connectivity index (χ4n) is 2.55. The molecule has 6 heteroatoms. The van der Waals surface area contributed by atoms with Crippen LogP contribution in [0.4, 0.5) is 14.6 Å². The van der Waals surface area contributed by atoms with E-state index in [2.05, 4.69) is 22.2 Å². The molecule has 2 rings (SSSR count). The van der Waals surface area contributed by atoms with Crippen LogP contribution in [-0.4, -0.2) is 42.7 Å². The van der Waals surface area contributed by atoms with E-state index in [1.165, 1.54) is 6.42 Å². The Kier molecular flexibility index (Phi) is 5.73. The smallest absolute Gasteiger partial charge is 0.252 e. The van der Waals surface area contributed by atoms with Crippen LogP contribution in [0.2, 0.25) is 0 Å². The summed E-state index contributed by atoms with van der Waals surface area (Å²) in [6.07, 6.45) is 3.99. The molecule has 0 saturated carbocycles. The van der Waals surface area contributed by atoms with E-state index in [0.29, 0.717) is 19.2 Å². The van der Waals surface area contributed by atoms with Crippen LogP contribution in [-0.2, 0) is 0 Å². The lowest BCUT2D eigenvalue weighted by molar-refractivity contribution is 0.222. The highest BCUT2D eigenvalue weighted by atomic mass is 19.1. The Hall–Kier alpha value is -1.43. The van der Waals surface area contributed by atoms with Gasteiger partial charge in [-0.3, -0.25) is 0 Å². The maximum Gasteiger partial charge on any atom is 0.252 e. The first-order valence-electron chi connectivity index (χ1n) is 7.54. The van der Waals surface area contributed by atoms with Crippen LogP contribution in [0.5, 0.6) is 5.88 Å². The topological polar surface area (TPSA) is 37.4 Å². The molecule has 1 atom stereocenters. The number of pyridine rings is 1. The van der Waals surface area contributed by atoms with Crippen LogP contribution in [0.3, 0.4) is 0 Å². The number of aromatic nitrogens is 1. The number of hydrogen-bond acceptors (Lipinski definition) is 4. The molecule has 1 fully saturated rings. The van der Waals surface area contributed by atoms with Gasteiger partial charge in [-0.05, 0) is 39.3 Å². The number of halogens is 2. The highest BCUT2D eigenvalue weighted by Crippen LogP contribution is 2.22. The Bertz CT molecular complexity index is 470. The molecule has 21 heavy (non-hydrogen) atoms. The predicted molar refractivity (Wildman–Crippen MR) is 78.7 cm³/mol. The van der Waals surface area contributed by atoms with Gasteiger partial charge in [0.15, 0.2) is 17.5 Å². The minimum atomic E-state index is -0.755. The van der Waals surface area contributed by atoms with E-state index < -0.39 is 11.6 Å². The first-order valence-corrected chi connectivity index (χ1v) is 7.54. The maximum absolute atomic E-state index is 13.7. The zero-order valence-corrected chi connectivity index (χ0v) is 12.7. The first kappa shape index (κ1) is 15.9. The van der Waals surface area contributed by atoms with Crippen LogP contribution in [0.1, 0.15) is 32.6 Å². The number of ether oxygens (including phenoxy) is 1. The second-order valence-electron chi connectivity index (χ2n) is 5.45. The van der Waals surface area contributed by atoms with Gasteiger partial charge in [0.2, 0.25) is 0 Å². The van der Waals surface area contributed by atoms with Crippen molar-refractivity contribution in [1.82, 2.24) is 9.88 Å². The normalized spacial score (nSPS) is 19.0. The van der Waals surface area contributed by atoms with Gasteiger partial charge < -0.3 is 15.0 Å². The number of anilines is 1. The van der Waals surface area contributed by atoms with Gasteiger partial charge in [0.25, 0.3) is 5.88 Å². The summed E-state index contributed by atoms with van der Waals surface area (Å²) in [6.45, 7) is 4.03. The summed E-state index contributed by atoms with van der Waals surface area (Å²) in [5, 5.41) is 2.83. The van der Waals surface area contributed by atoms with Gasteiger partial charge in [-0.2, -0.15) is 4.98 Å². The van der Waals surface area contributed by atoms with Gasteiger partial charge in [0.1, 0.15) is 0 Å². The van der Waals surface area contributed by atoms with E-state index in [4.69, 9.17) is 4.74 Å². The van der Waals surface area contributed by atoms with Gasteiger partial charge in [-0.15, -0.1) is 0 Å². The molecule has 1 unspecified atom stereocenters. The average Bonchev–Trinajstić information content (AvgIpc) is 2.85. The summed E-state index contributed by atoms with van der Waals surface area (Å²) < 4.78 is 32.6. The van der Waals surface area contributed by atoms with Crippen molar-refractivity contribution < 1.29 is 13.5 Å². The number of rotatable bonds is 7. The maximum atomic E-state index is 13.7. The molecule has 0 aromatic carbocycles. The molecule has 1 aromatic heterocycles. The molecule has 4 nitrogen and oxygen atoms in total. The Morgan fingerprint density at radius 1 is 1.43 bits per heavy atom. The number of likely N-dealkylation sites (tertiary alicyclic amines) is 1. The number of nitrogens with one attached hydrogen (secondary N) is 1. The van der Waals surface area contributed by atoms with Crippen molar-refractivity contribution >= 4 is 5.82 Å². The van der Waals surface area contributed by atoms with Crippen molar-refractivity contribution in [2.24, 2.45) is 0 Å². The summed E-state index contributed by atoms with van der Waals surface area (Å²) in [4.78, 5) is 6.18. The lowest BCUT2D eigenvalue weighted by Crippen LogP contribution is -2.26. The lowest BCUT2D eigenvalue weighted by Gasteiger charge is -2.19. The molecule has 1 aliphatic heterocycles. The molecule has 0 aliphatic carbocycles. The fourth-order valence-corrected chi connectivity index (χ4v) is 2.55. The third kappa shape index (κ3) is 4.27. The molecule has 1 aliphatic rings. The van der Waals surface area contributed by atoms with E-state index >= 15 is 0 Å². The van der Waals surface area contributed by atoms with Crippen molar-refractivity contribution in [3.05, 3.63) is 17.7 Å². The summed E-state index contributed by atoms with van der Waals surface area (Å²) >= 11 is 0. The molecule has 2 heterocycles. The molecule has 118 valence electrons. The molecule has 0 amide bonds. The van der Waals surface area contributed by atoms with Gasteiger partial charge in [-0.1, -0.05) is 6.92 Å². The van der Waals surface area contributed by atoms with E-state index in [0.717, 1.165) is 31.9 Å². The molecule has 1 N–H and O–H groups in total. The molecule has 1 aromatic rings. The van der Waals surface area contributed by atoms with Crippen LogP contribution < -0.4 is 10.1 Å². The quantitative estimate of drug-likeness (QED) is 0.839. The summed E-state index contributed by atoms with van der Waals surface area (Å²) in [5.41, 5.74) is 0. The van der Waals surface area contributed by atoms with Crippen LogP contribution in [0, 0.1) is 11.6 Å². The zero-order valence-electron chi connectivity index (χ0n) is 12.7. The highest BCUT2D eigenvalue weighted by molar-refractivity contribution is 5.39. The number of hydrogen-bond donors (Lipinski definition) is 1. The Morgan fingerprint density at radius 3 is 2.90 bits per heavy atom. The fraction of sp³-hybridized carbons (Fsp3) is 0.667. The van der Waals surface area contributed by atoms with Crippen LogP contribution >= 0.6 is 0 Å². The van der Waals surface area contributed by atoms with Crippen molar-refractivity contribution in [1.29, 1.82) is 0 Å². The van der Waals surface area contributed by atoms with Gasteiger partial charge in [0.05, 0.1) is 6.61 Å². The first-order chi connectivity index (χ1) is 10.1. The van der Waals surface area contributed by atoms with E-state index in [1.807, 2.05) is 6.92 Å². The monoisotopic (exact) mass is 299 g/mol. The van der Waals surface area contributed by atoms with Crippen molar-refractivity contribution in [2.75, 3.05) is 32.1 Å². The molecular weight excluding hydrogens is 276 g/mol. The Labute approximate surface area is 124 Å². The predicted octanol–water partition coefficient (Wildman–Crippen LogP) is 3.04. The van der Waals surface area contributed by atoms with Crippen molar-refractivity contribution in [3.63, 3.8) is 0 Å². The minimum Gasteiger partial charge on any atom is -0.475 e. The summed E-state index contributed by atoms with van der Waals surface area (Å²) in [5.74, 6) is -1.53. The largest absolute Gasteiger partial charge is 0.475 e. The van der Waals surface area contributed by atoms with Crippen molar-refractivity contribution in [2.45, 2.75) is 38.6 Å². The molecule has 0 bridgehead atoms. The molecule has 1 saturated heterocycles. The van der Waals surface area contributed by atoms with E-state index in [9.17, 15) is 8.78 Å². The minimum absolute atomic E-state index is 0.0474. The second kappa shape index (κ2) is 7.54. The Balaban J connectivity index is 1.92. The molecular formula is C15H23F2N3O.